The Balaban J connectivity index is 2.28. The van der Waals surface area contributed by atoms with E-state index in [-0.39, 0.29) is 5.97 Å². The lowest BCUT2D eigenvalue weighted by molar-refractivity contribution is -0.145. The summed E-state index contributed by atoms with van der Waals surface area (Å²) in [7, 11) is 1.69. The fraction of sp³-hybridized carbons (Fsp3) is 0.929. The Kier molecular flexibility index (Phi) is 8.79. The predicted octanol–water partition coefficient (Wildman–Crippen LogP) is 1.03. The van der Waals surface area contributed by atoms with E-state index in [1.165, 1.54) is 12.8 Å². The van der Waals surface area contributed by atoms with Gasteiger partial charge in [0.05, 0.1) is 19.8 Å². The topological polar surface area (TPSA) is 50.8 Å². The molecule has 5 nitrogen and oxygen atoms in total. The van der Waals surface area contributed by atoms with Crippen molar-refractivity contribution in [3.63, 3.8) is 0 Å². The van der Waals surface area contributed by atoms with E-state index in [0.717, 1.165) is 32.5 Å². The van der Waals surface area contributed by atoms with Gasteiger partial charge in [0, 0.05) is 26.2 Å². The van der Waals surface area contributed by atoms with E-state index < -0.39 is 0 Å². The Bertz CT molecular complexity index is 243. The van der Waals surface area contributed by atoms with Gasteiger partial charge >= 0.3 is 5.97 Å². The third-order valence-corrected chi connectivity index (χ3v) is 3.37. The summed E-state index contributed by atoms with van der Waals surface area (Å²) in [6.07, 6.45) is 4.40. The van der Waals surface area contributed by atoms with Crippen molar-refractivity contribution in [1.82, 2.24) is 10.2 Å². The van der Waals surface area contributed by atoms with Gasteiger partial charge in [-0.25, -0.2) is 0 Å². The molecule has 1 unspecified atom stereocenters. The molecule has 5 heteroatoms. The first-order chi connectivity index (χ1) is 9.26. The minimum Gasteiger partial charge on any atom is -0.465 e. The van der Waals surface area contributed by atoms with Gasteiger partial charge in [-0.1, -0.05) is 13.3 Å². The lowest BCUT2D eigenvalue weighted by atomic mass is 10.2. The monoisotopic (exact) mass is 272 g/mol. The van der Waals surface area contributed by atoms with Gasteiger partial charge in [0.25, 0.3) is 0 Å². The van der Waals surface area contributed by atoms with E-state index in [1.54, 1.807) is 7.11 Å². The average Bonchev–Trinajstić information content (AvgIpc) is 2.89. The van der Waals surface area contributed by atoms with E-state index >= 15 is 0 Å². The Labute approximate surface area is 116 Å². The lowest BCUT2D eigenvalue weighted by Crippen LogP contribution is -2.42. The zero-order valence-electron chi connectivity index (χ0n) is 12.3. The number of hydrogen-bond donors (Lipinski definition) is 1. The highest BCUT2D eigenvalue weighted by molar-refractivity contribution is 5.71. The van der Waals surface area contributed by atoms with Gasteiger partial charge in [-0.2, -0.15) is 0 Å². The van der Waals surface area contributed by atoms with Gasteiger partial charge in [0.15, 0.2) is 0 Å². The smallest absolute Gasteiger partial charge is 0.320 e. The van der Waals surface area contributed by atoms with Crippen molar-refractivity contribution in [3.8, 4) is 0 Å². The fourth-order valence-corrected chi connectivity index (χ4v) is 2.24. The van der Waals surface area contributed by atoms with Crippen LogP contribution in [0.5, 0.6) is 0 Å². The van der Waals surface area contributed by atoms with Crippen LogP contribution in [0, 0.1) is 0 Å². The molecule has 0 spiro atoms. The van der Waals surface area contributed by atoms with Crippen LogP contribution in [-0.4, -0.2) is 63.4 Å². The molecule has 0 aromatic rings. The number of rotatable bonds is 10. The zero-order valence-corrected chi connectivity index (χ0v) is 12.3. The van der Waals surface area contributed by atoms with Crippen molar-refractivity contribution in [2.75, 3.05) is 46.5 Å². The summed E-state index contributed by atoms with van der Waals surface area (Å²) >= 11 is 0. The number of esters is 1. The molecular formula is C14H28N2O3. The first kappa shape index (κ1) is 16.4. The van der Waals surface area contributed by atoms with Crippen molar-refractivity contribution < 1.29 is 14.3 Å². The summed E-state index contributed by atoms with van der Waals surface area (Å²) in [5.41, 5.74) is 0. The van der Waals surface area contributed by atoms with Gasteiger partial charge in [-0.3, -0.25) is 9.69 Å². The number of unbranched alkanes of at least 4 members (excludes halogenated alkanes) is 1. The molecule has 1 aliphatic heterocycles. The van der Waals surface area contributed by atoms with Crippen LogP contribution < -0.4 is 5.32 Å². The van der Waals surface area contributed by atoms with Crippen LogP contribution in [0.4, 0.5) is 0 Å². The number of ether oxygens (including phenoxy) is 2. The van der Waals surface area contributed by atoms with Gasteiger partial charge in [0.2, 0.25) is 0 Å². The molecule has 1 saturated heterocycles. The first-order valence-electron chi connectivity index (χ1n) is 7.36. The van der Waals surface area contributed by atoms with Crippen LogP contribution >= 0.6 is 0 Å². The number of nitrogens with one attached hydrogen (secondary N) is 1. The van der Waals surface area contributed by atoms with Gasteiger partial charge < -0.3 is 14.8 Å². The van der Waals surface area contributed by atoms with Gasteiger partial charge in [-0.15, -0.1) is 0 Å². The molecule has 1 N–H and O–H groups in total. The quantitative estimate of drug-likeness (QED) is 0.475. The fourth-order valence-electron chi connectivity index (χ4n) is 2.24. The molecule has 0 aromatic heterocycles. The first-order valence-corrected chi connectivity index (χ1v) is 7.36. The molecule has 0 bridgehead atoms. The summed E-state index contributed by atoms with van der Waals surface area (Å²) in [5, 5.41) is 3.45. The number of nitrogens with zero attached hydrogens (tertiary/aromatic N) is 1. The highest BCUT2D eigenvalue weighted by Gasteiger charge is 2.19. The minimum atomic E-state index is -0.123. The molecule has 0 saturated carbocycles. The SMILES string of the molecule is CCCCOC(=O)CN(CCOC)CC1CCCN1. The third-order valence-electron chi connectivity index (χ3n) is 3.37. The number of carbonyl (C=O) groups is 1. The van der Waals surface area contributed by atoms with Crippen molar-refractivity contribution in [3.05, 3.63) is 0 Å². The molecule has 1 aliphatic rings. The second kappa shape index (κ2) is 10.2. The minimum absolute atomic E-state index is 0.123. The molecule has 0 amide bonds. The lowest BCUT2D eigenvalue weighted by Gasteiger charge is -2.24. The molecule has 0 radical (unpaired) electrons. The van der Waals surface area contributed by atoms with E-state index in [0.29, 0.717) is 25.8 Å². The molecule has 0 aliphatic carbocycles. The molecule has 0 aromatic carbocycles. The summed E-state index contributed by atoms with van der Waals surface area (Å²) in [5.74, 6) is -0.123. The third kappa shape index (κ3) is 7.50. The molecule has 1 rings (SSSR count). The maximum atomic E-state index is 11.7. The standard InChI is InChI=1S/C14H28N2O3/c1-3-4-9-19-14(17)12-16(8-10-18-2)11-13-6-5-7-15-13/h13,15H,3-12H2,1-2H3. The highest BCUT2D eigenvalue weighted by atomic mass is 16.5. The van der Waals surface area contributed by atoms with Gasteiger partial charge in [-0.05, 0) is 25.8 Å². The maximum Gasteiger partial charge on any atom is 0.320 e. The van der Waals surface area contributed by atoms with E-state index in [4.69, 9.17) is 9.47 Å². The van der Waals surface area contributed by atoms with Crippen molar-refractivity contribution in [1.29, 1.82) is 0 Å². The normalized spacial score (nSPS) is 19.0. The largest absolute Gasteiger partial charge is 0.465 e. The predicted molar refractivity (Wildman–Crippen MR) is 75.2 cm³/mol. The number of carbonyl (C=O) groups excluding carboxylic acids is 1. The van der Waals surface area contributed by atoms with E-state index in [2.05, 4.69) is 17.1 Å². The Morgan fingerprint density at radius 3 is 2.89 bits per heavy atom. The molecule has 1 atom stereocenters. The van der Waals surface area contributed by atoms with E-state index in [9.17, 15) is 4.79 Å². The summed E-state index contributed by atoms with van der Waals surface area (Å²) < 4.78 is 10.3. The number of hydrogen-bond acceptors (Lipinski definition) is 5. The molecule has 1 heterocycles. The molecular weight excluding hydrogens is 244 g/mol. The van der Waals surface area contributed by atoms with Crippen molar-refractivity contribution >= 4 is 5.97 Å². The zero-order chi connectivity index (χ0) is 13.9. The Morgan fingerprint density at radius 2 is 2.26 bits per heavy atom. The maximum absolute atomic E-state index is 11.7. The van der Waals surface area contributed by atoms with Crippen LogP contribution in [0.1, 0.15) is 32.6 Å². The van der Waals surface area contributed by atoms with E-state index in [1.807, 2.05) is 0 Å². The van der Waals surface area contributed by atoms with Crippen molar-refractivity contribution in [2.45, 2.75) is 38.6 Å². The van der Waals surface area contributed by atoms with Crippen LogP contribution in [-0.2, 0) is 14.3 Å². The van der Waals surface area contributed by atoms with Crippen LogP contribution in [0.3, 0.4) is 0 Å². The second-order valence-electron chi connectivity index (χ2n) is 5.10. The van der Waals surface area contributed by atoms with Gasteiger partial charge in [0.1, 0.15) is 0 Å². The summed E-state index contributed by atoms with van der Waals surface area (Å²) in [6, 6.07) is 0.500. The molecule has 112 valence electrons. The molecule has 19 heavy (non-hydrogen) atoms. The van der Waals surface area contributed by atoms with Crippen LogP contribution in [0.2, 0.25) is 0 Å². The Hall–Kier alpha value is -0.650. The summed E-state index contributed by atoms with van der Waals surface area (Å²) in [6.45, 7) is 6.40. The number of methoxy groups -OCH3 is 1. The second-order valence-corrected chi connectivity index (χ2v) is 5.10. The van der Waals surface area contributed by atoms with Crippen LogP contribution in [0.25, 0.3) is 0 Å². The average molecular weight is 272 g/mol. The Morgan fingerprint density at radius 1 is 1.42 bits per heavy atom. The van der Waals surface area contributed by atoms with Crippen molar-refractivity contribution in [2.24, 2.45) is 0 Å². The summed E-state index contributed by atoms with van der Waals surface area (Å²) in [4.78, 5) is 13.9. The molecule has 1 fully saturated rings. The van der Waals surface area contributed by atoms with Crippen LogP contribution in [0.15, 0.2) is 0 Å². The highest BCUT2D eigenvalue weighted by Crippen LogP contribution is 2.07.